The lowest BCUT2D eigenvalue weighted by molar-refractivity contribution is -0.121. The van der Waals surface area contributed by atoms with Gasteiger partial charge in [-0.3, -0.25) is 9.59 Å². The van der Waals surface area contributed by atoms with Crippen LogP contribution < -0.4 is 10.7 Å². The SMILES string of the molecule is O=C(Cn1cc(/C=N/NC(=O)c2ccc(O)c(Cl)c2)c2ccccc21)NCCc1c[nH]c2ccccc12. The van der Waals surface area contributed by atoms with Crippen molar-refractivity contribution in [2.45, 2.75) is 13.0 Å². The fourth-order valence-electron chi connectivity index (χ4n) is 4.27. The van der Waals surface area contributed by atoms with Crippen LogP contribution >= 0.6 is 11.6 Å². The third kappa shape index (κ3) is 5.34. The summed E-state index contributed by atoms with van der Waals surface area (Å²) < 4.78 is 1.86. The van der Waals surface area contributed by atoms with Gasteiger partial charge in [0.25, 0.3) is 5.91 Å². The van der Waals surface area contributed by atoms with Crippen molar-refractivity contribution >= 4 is 51.4 Å². The van der Waals surface area contributed by atoms with Crippen molar-refractivity contribution in [3.63, 3.8) is 0 Å². The molecule has 2 amide bonds. The number of phenolic OH excluding ortho intramolecular Hbond substituents is 1. The number of hydrazone groups is 1. The summed E-state index contributed by atoms with van der Waals surface area (Å²) in [6, 6.07) is 19.9. The van der Waals surface area contributed by atoms with Gasteiger partial charge in [-0.05, 0) is 42.3 Å². The largest absolute Gasteiger partial charge is 0.506 e. The van der Waals surface area contributed by atoms with Gasteiger partial charge in [0.2, 0.25) is 5.91 Å². The van der Waals surface area contributed by atoms with Crippen LogP contribution in [0.2, 0.25) is 5.02 Å². The van der Waals surface area contributed by atoms with Crippen molar-refractivity contribution in [3.05, 3.63) is 101 Å². The molecule has 0 spiro atoms. The molecule has 186 valence electrons. The summed E-state index contributed by atoms with van der Waals surface area (Å²) in [7, 11) is 0. The fourth-order valence-corrected chi connectivity index (χ4v) is 4.45. The lowest BCUT2D eigenvalue weighted by Gasteiger charge is -2.07. The number of aromatic hydroxyl groups is 1. The van der Waals surface area contributed by atoms with E-state index >= 15 is 0 Å². The third-order valence-electron chi connectivity index (χ3n) is 6.10. The molecule has 4 N–H and O–H groups in total. The average Bonchev–Trinajstić information content (AvgIpc) is 3.47. The van der Waals surface area contributed by atoms with Gasteiger partial charge in [-0.1, -0.05) is 48.0 Å². The number of fused-ring (bicyclic) bond motifs is 2. The number of aromatic nitrogens is 2. The van der Waals surface area contributed by atoms with Gasteiger partial charge in [-0.15, -0.1) is 0 Å². The highest BCUT2D eigenvalue weighted by molar-refractivity contribution is 6.32. The Morgan fingerprint density at radius 3 is 2.68 bits per heavy atom. The lowest BCUT2D eigenvalue weighted by Crippen LogP contribution is -2.29. The van der Waals surface area contributed by atoms with Crippen molar-refractivity contribution in [3.8, 4) is 5.75 Å². The Morgan fingerprint density at radius 2 is 1.84 bits per heavy atom. The second-order valence-corrected chi connectivity index (χ2v) is 8.96. The molecular weight excluding hydrogens is 490 g/mol. The van der Waals surface area contributed by atoms with Gasteiger partial charge in [-0.25, -0.2) is 5.43 Å². The van der Waals surface area contributed by atoms with Crippen LogP contribution in [0, 0.1) is 0 Å². The summed E-state index contributed by atoms with van der Waals surface area (Å²) in [5.41, 5.74) is 6.62. The number of amides is 2. The molecule has 0 atom stereocenters. The molecule has 0 radical (unpaired) electrons. The number of H-pyrrole nitrogens is 1. The molecule has 0 saturated carbocycles. The van der Waals surface area contributed by atoms with Crippen LogP contribution in [0.25, 0.3) is 21.8 Å². The van der Waals surface area contributed by atoms with Gasteiger partial charge in [-0.2, -0.15) is 5.10 Å². The average molecular weight is 514 g/mol. The van der Waals surface area contributed by atoms with Gasteiger partial charge in [0.1, 0.15) is 12.3 Å². The second kappa shape index (κ2) is 10.6. The topological polar surface area (TPSA) is 112 Å². The number of carbonyl (C=O) groups excluding carboxylic acids is 2. The van der Waals surface area contributed by atoms with E-state index in [0.717, 1.165) is 39.4 Å². The highest BCUT2D eigenvalue weighted by atomic mass is 35.5. The zero-order valence-corrected chi connectivity index (χ0v) is 20.5. The van der Waals surface area contributed by atoms with Crippen LogP contribution in [0.5, 0.6) is 5.75 Å². The minimum atomic E-state index is -0.462. The minimum absolute atomic E-state index is 0.0828. The van der Waals surface area contributed by atoms with E-state index in [1.165, 1.54) is 24.4 Å². The molecule has 5 rings (SSSR count). The zero-order chi connectivity index (χ0) is 25.8. The van der Waals surface area contributed by atoms with Gasteiger partial charge in [0, 0.05) is 51.9 Å². The van der Waals surface area contributed by atoms with E-state index in [2.05, 4.69) is 26.9 Å². The molecule has 0 fully saturated rings. The Bertz CT molecular complexity index is 1640. The maximum absolute atomic E-state index is 12.7. The minimum Gasteiger partial charge on any atom is -0.506 e. The van der Waals surface area contributed by atoms with Crippen molar-refractivity contribution in [2.75, 3.05) is 6.54 Å². The number of rotatable bonds is 8. The summed E-state index contributed by atoms with van der Waals surface area (Å²) in [6.45, 7) is 0.683. The summed E-state index contributed by atoms with van der Waals surface area (Å²) in [6.07, 6.45) is 6.08. The van der Waals surface area contributed by atoms with E-state index in [9.17, 15) is 14.7 Å². The van der Waals surface area contributed by atoms with E-state index in [1.54, 1.807) is 0 Å². The predicted molar refractivity (Wildman–Crippen MR) is 145 cm³/mol. The Morgan fingerprint density at radius 1 is 1.05 bits per heavy atom. The van der Waals surface area contributed by atoms with E-state index in [-0.39, 0.29) is 28.8 Å². The maximum atomic E-state index is 12.7. The van der Waals surface area contributed by atoms with Crippen LogP contribution in [0.1, 0.15) is 21.5 Å². The first-order valence-corrected chi connectivity index (χ1v) is 12.1. The zero-order valence-electron chi connectivity index (χ0n) is 19.7. The van der Waals surface area contributed by atoms with Crippen molar-refractivity contribution in [1.82, 2.24) is 20.3 Å². The molecule has 8 nitrogen and oxygen atoms in total. The third-order valence-corrected chi connectivity index (χ3v) is 6.41. The first kappa shape index (κ1) is 24.1. The van der Waals surface area contributed by atoms with E-state index < -0.39 is 5.91 Å². The Balaban J connectivity index is 1.23. The van der Waals surface area contributed by atoms with Gasteiger partial charge < -0.3 is 20.0 Å². The lowest BCUT2D eigenvalue weighted by atomic mass is 10.1. The van der Waals surface area contributed by atoms with Crippen molar-refractivity contribution in [1.29, 1.82) is 0 Å². The van der Waals surface area contributed by atoms with Crippen LogP contribution in [-0.2, 0) is 17.8 Å². The van der Waals surface area contributed by atoms with E-state index in [1.807, 2.05) is 59.4 Å². The van der Waals surface area contributed by atoms with E-state index in [0.29, 0.717) is 6.54 Å². The van der Waals surface area contributed by atoms with Crippen LogP contribution in [-0.4, -0.2) is 39.2 Å². The number of hydrogen-bond acceptors (Lipinski definition) is 4. The fraction of sp³-hybridized carbons (Fsp3) is 0.107. The molecular formula is C28H24ClN5O3. The van der Waals surface area contributed by atoms with E-state index in [4.69, 9.17) is 11.6 Å². The number of benzene rings is 3. The summed E-state index contributed by atoms with van der Waals surface area (Å²) in [4.78, 5) is 28.3. The van der Waals surface area contributed by atoms with Crippen molar-refractivity contribution < 1.29 is 14.7 Å². The number of para-hydroxylation sites is 2. The molecule has 0 saturated heterocycles. The van der Waals surface area contributed by atoms with Gasteiger partial charge >= 0.3 is 0 Å². The molecule has 0 aliphatic rings. The van der Waals surface area contributed by atoms with Gasteiger partial charge in [0.05, 0.1) is 11.2 Å². The molecule has 2 aromatic heterocycles. The van der Waals surface area contributed by atoms with Crippen LogP contribution in [0.4, 0.5) is 0 Å². The highest BCUT2D eigenvalue weighted by Crippen LogP contribution is 2.24. The molecule has 5 aromatic rings. The number of phenols is 1. The first-order valence-electron chi connectivity index (χ1n) is 11.7. The molecule has 37 heavy (non-hydrogen) atoms. The number of carbonyl (C=O) groups is 2. The molecule has 2 heterocycles. The first-order chi connectivity index (χ1) is 18.0. The Kier molecular flexibility index (Phi) is 6.91. The Hall–Kier alpha value is -4.56. The standard InChI is InChI=1S/C28H24ClN5O3/c29-23-13-18(9-10-26(23)35)28(37)33-32-15-20-16-34(25-8-4-2-6-22(20)25)17-27(36)30-12-11-19-14-31-24-7-3-1-5-21(19)24/h1-10,13-16,31,35H,11-12,17H2,(H,30,36)(H,33,37)/b32-15+. The van der Waals surface area contributed by atoms with Crippen LogP contribution in [0.15, 0.2) is 84.2 Å². The molecule has 9 heteroatoms. The number of aromatic amines is 1. The monoisotopic (exact) mass is 513 g/mol. The number of halogens is 1. The maximum Gasteiger partial charge on any atom is 0.271 e. The molecule has 3 aromatic carbocycles. The number of nitrogens with one attached hydrogen (secondary N) is 3. The Labute approximate surface area is 217 Å². The molecule has 0 unspecified atom stereocenters. The normalized spacial score (nSPS) is 11.4. The predicted octanol–water partition coefficient (Wildman–Crippen LogP) is 4.60. The van der Waals surface area contributed by atoms with Gasteiger partial charge in [0.15, 0.2) is 0 Å². The second-order valence-electron chi connectivity index (χ2n) is 8.55. The summed E-state index contributed by atoms with van der Waals surface area (Å²) >= 11 is 5.87. The highest BCUT2D eigenvalue weighted by Gasteiger charge is 2.11. The molecule has 0 aliphatic carbocycles. The smallest absolute Gasteiger partial charge is 0.271 e. The number of hydrogen-bond donors (Lipinski definition) is 4. The number of nitrogens with zero attached hydrogens (tertiary/aromatic N) is 2. The molecule has 0 bridgehead atoms. The summed E-state index contributed by atoms with van der Waals surface area (Å²) in [5, 5.41) is 18.7. The van der Waals surface area contributed by atoms with Crippen LogP contribution in [0.3, 0.4) is 0 Å². The quantitative estimate of drug-likeness (QED) is 0.180. The molecule has 0 aliphatic heterocycles. The summed E-state index contributed by atoms with van der Waals surface area (Å²) in [5.74, 6) is -0.658. The van der Waals surface area contributed by atoms with Crippen molar-refractivity contribution in [2.24, 2.45) is 5.10 Å².